The molecule has 0 N–H and O–H groups in total. The van der Waals surface area contributed by atoms with Crippen molar-refractivity contribution in [3.8, 4) is 5.75 Å². The van der Waals surface area contributed by atoms with Crippen molar-refractivity contribution in [1.82, 2.24) is 9.66 Å². The largest absolute Gasteiger partial charge is 0.488 e. The monoisotopic (exact) mass is 645 g/mol. The molecule has 0 radical (unpaired) electrons. The molecular formula is C26H22Br3N3O2. The van der Waals surface area contributed by atoms with Crippen molar-refractivity contribution >= 4 is 64.9 Å². The first-order valence-electron chi connectivity index (χ1n) is 10.8. The SMILES string of the molecule is CC[C@H](C)c1nc2ccc(Br)cc2c(=O)n1N=Cc1ccc(OCc2ccc(Br)cc2)c(Br)c1. The molecule has 4 aromatic rings. The zero-order valence-corrected chi connectivity index (χ0v) is 23.4. The fraction of sp³-hybridized carbons (Fsp3) is 0.192. The Morgan fingerprint density at radius 1 is 1.03 bits per heavy atom. The van der Waals surface area contributed by atoms with Gasteiger partial charge in [0.25, 0.3) is 5.56 Å². The van der Waals surface area contributed by atoms with Gasteiger partial charge in [0, 0.05) is 14.9 Å². The number of ether oxygens (including phenoxy) is 1. The second-order valence-electron chi connectivity index (χ2n) is 7.91. The normalized spacial score (nSPS) is 12.4. The third-order valence-corrected chi connectivity index (χ3v) is 7.11. The van der Waals surface area contributed by atoms with Gasteiger partial charge < -0.3 is 4.74 Å². The molecule has 8 heteroatoms. The van der Waals surface area contributed by atoms with Gasteiger partial charge in [0.15, 0.2) is 0 Å². The van der Waals surface area contributed by atoms with Crippen LogP contribution in [0.25, 0.3) is 10.9 Å². The van der Waals surface area contributed by atoms with Crippen LogP contribution in [-0.4, -0.2) is 15.9 Å². The van der Waals surface area contributed by atoms with Gasteiger partial charge in [0.2, 0.25) is 0 Å². The Labute approximate surface area is 223 Å². The van der Waals surface area contributed by atoms with Crippen LogP contribution in [0.4, 0.5) is 0 Å². The zero-order valence-electron chi connectivity index (χ0n) is 18.6. The maximum atomic E-state index is 13.3. The van der Waals surface area contributed by atoms with Gasteiger partial charge in [-0.3, -0.25) is 4.79 Å². The second kappa shape index (κ2) is 11.0. The van der Waals surface area contributed by atoms with Crippen LogP contribution < -0.4 is 10.3 Å². The Bertz CT molecular complexity index is 1420. The first-order valence-corrected chi connectivity index (χ1v) is 13.2. The van der Waals surface area contributed by atoms with Crippen LogP contribution in [0.2, 0.25) is 0 Å². The molecule has 0 amide bonds. The lowest BCUT2D eigenvalue weighted by Gasteiger charge is -2.14. The molecule has 0 bridgehead atoms. The van der Waals surface area contributed by atoms with Gasteiger partial charge in [-0.25, -0.2) is 4.98 Å². The third-order valence-electron chi connectivity index (χ3n) is 5.47. The summed E-state index contributed by atoms with van der Waals surface area (Å²) in [5.74, 6) is 1.46. The lowest BCUT2D eigenvalue weighted by atomic mass is 10.1. The third kappa shape index (κ3) is 5.67. The van der Waals surface area contributed by atoms with E-state index < -0.39 is 0 Å². The molecule has 1 heterocycles. The van der Waals surface area contributed by atoms with E-state index in [0.29, 0.717) is 23.3 Å². The molecule has 0 fully saturated rings. The van der Waals surface area contributed by atoms with Crippen molar-refractivity contribution in [2.24, 2.45) is 5.10 Å². The molecule has 0 saturated carbocycles. The van der Waals surface area contributed by atoms with Crippen molar-refractivity contribution in [3.05, 3.63) is 101 Å². The maximum absolute atomic E-state index is 13.3. The summed E-state index contributed by atoms with van der Waals surface area (Å²) in [5.41, 5.74) is 2.39. The smallest absolute Gasteiger partial charge is 0.282 e. The van der Waals surface area contributed by atoms with Crippen LogP contribution in [0.1, 0.15) is 43.1 Å². The number of halogens is 3. The summed E-state index contributed by atoms with van der Waals surface area (Å²) >= 11 is 10.5. The highest BCUT2D eigenvalue weighted by atomic mass is 79.9. The quantitative estimate of drug-likeness (QED) is 0.194. The van der Waals surface area contributed by atoms with E-state index in [2.05, 4.69) is 59.8 Å². The predicted molar refractivity (Wildman–Crippen MR) is 148 cm³/mol. The molecule has 1 aromatic heterocycles. The molecule has 0 spiro atoms. The van der Waals surface area contributed by atoms with Crippen molar-refractivity contribution in [3.63, 3.8) is 0 Å². The molecule has 1 atom stereocenters. The summed E-state index contributed by atoms with van der Waals surface area (Å²) in [6.07, 6.45) is 2.52. The van der Waals surface area contributed by atoms with Crippen LogP contribution in [0.3, 0.4) is 0 Å². The van der Waals surface area contributed by atoms with E-state index >= 15 is 0 Å². The molecule has 5 nitrogen and oxygen atoms in total. The Morgan fingerprint density at radius 3 is 2.47 bits per heavy atom. The van der Waals surface area contributed by atoms with Crippen LogP contribution in [0.15, 0.2) is 84.0 Å². The fourth-order valence-electron chi connectivity index (χ4n) is 3.36. The van der Waals surface area contributed by atoms with E-state index in [1.54, 1.807) is 12.3 Å². The summed E-state index contributed by atoms with van der Waals surface area (Å²) in [6.45, 7) is 4.58. The number of rotatable bonds is 7. The molecule has 0 unspecified atom stereocenters. The van der Waals surface area contributed by atoms with Crippen molar-refractivity contribution in [1.29, 1.82) is 0 Å². The number of fused-ring (bicyclic) bond motifs is 1. The number of hydrogen-bond donors (Lipinski definition) is 0. The van der Waals surface area contributed by atoms with Gasteiger partial charge in [-0.1, -0.05) is 57.8 Å². The summed E-state index contributed by atoms with van der Waals surface area (Å²) < 4.78 is 10.0. The molecule has 34 heavy (non-hydrogen) atoms. The Balaban J connectivity index is 1.62. The average molecular weight is 648 g/mol. The lowest BCUT2D eigenvalue weighted by molar-refractivity contribution is 0.304. The minimum Gasteiger partial charge on any atom is -0.488 e. The van der Waals surface area contributed by atoms with Gasteiger partial charge >= 0.3 is 0 Å². The highest BCUT2D eigenvalue weighted by Gasteiger charge is 2.15. The van der Waals surface area contributed by atoms with Gasteiger partial charge in [-0.05, 0) is 82.0 Å². The maximum Gasteiger partial charge on any atom is 0.282 e. The molecule has 4 rings (SSSR count). The van der Waals surface area contributed by atoms with E-state index in [1.807, 2.05) is 61.5 Å². The highest BCUT2D eigenvalue weighted by molar-refractivity contribution is 9.11. The van der Waals surface area contributed by atoms with E-state index in [9.17, 15) is 4.79 Å². The van der Waals surface area contributed by atoms with Crippen molar-refractivity contribution in [2.45, 2.75) is 32.8 Å². The van der Waals surface area contributed by atoms with Crippen LogP contribution in [0, 0.1) is 0 Å². The first kappa shape index (κ1) is 24.8. The molecule has 3 aromatic carbocycles. The Hall–Kier alpha value is -2.29. The topological polar surface area (TPSA) is 56.5 Å². The Morgan fingerprint density at radius 2 is 1.76 bits per heavy atom. The summed E-state index contributed by atoms with van der Waals surface area (Å²) in [7, 11) is 0. The summed E-state index contributed by atoms with van der Waals surface area (Å²) in [4.78, 5) is 18.0. The van der Waals surface area contributed by atoms with Crippen molar-refractivity contribution in [2.75, 3.05) is 0 Å². The van der Waals surface area contributed by atoms with Gasteiger partial charge in [0.1, 0.15) is 18.2 Å². The van der Waals surface area contributed by atoms with Gasteiger partial charge in [0.05, 0.1) is 21.6 Å². The van der Waals surface area contributed by atoms with Gasteiger partial charge in [-0.2, -0.15) is 9.78 Å². The lowest BCUT2D eigenvalue weighted by Crippen LogP contribution is -2.23. The van der Waals surface area contributed by atoms with Crippen LogP contribution >= 0.6 is 47.8 Å². The van der Waals surface area contributed by atoms with Crippen LogP contribution in [0.5, 0.6) is 5.75 Å². The Kier molecular flexibility index (Phi) is 8.01. The zero-order chi connectivity index (χ0) is 24.2. The first-order chi connectivity index (χ1) is 16.4. The number of aromatic nitrogens is 2. The number of hydrogen-bond acceptors (Lipinski definition) is 4. The minimum atomic E-state index is -0.189. The van der Waals surface area contributed by atoms with E-state index in [-0.39, 0.29) is 11.5 Å². The van der Waals surface area contributed by atoms with Crippen LogP contribution in [-0.2, 0) is 6.61 Å². The van der Waals surface area contributed by atoms with E-state index in [1.165, 1.54) is 4.68 Å². The number of benzene rings is 3. The molecule has 174 valence electrons. The predicted octanol–water partition coefficient (Wildman–Crippen LogP) is 7.66. The fourth-order valence-corrected chi connectivity index (χ4v) is 4.50. The minimum absolute atomic E-state index is 0.0824. The van der Waals surface area contributed by atoms with Crippen molar-refractivity contribution < 1.29 is 4.74 Å². The standard InChI is InChI=1S/C26H22Br3N3O2/c1-3-16(2)25-31-23-10-9-20(28)13-21(23)26(33)32(25)30-14-18-6-11-24(22(29)12-18)34-15-17-4-7-19(27)8-5-17/h4-14,16H,3,15H2,1-2H3/t16-/m0/s1. The summed E-state index contributed by atoms with van der Waals surface area (Å²) in [6, 6.07) is 19.2. The van der Waals surface area contributed by atoms with E-state index in [4.69, 9.17) is 9.72 Å². The molecular weight excluding hydrogens is 626 g/mol. The molecule has 0 aliphatic rings. The highest BCUT2D eigenvalue weighted by Crippen LogP contribution is 2.27. The molecule has 0 aliphatic carbocycles. The van der Waals surface area contributed by atoms with E-state index in [0.717, 1.165) is 36.7 Å². The summed E-state index contributed by atoms with van der Waals surface area (Å²) in [5, 5.41) is 5.06. The second-order valence-corrected chi connectivity index (χ2v) is 10.6. The van der Waals surface area contributed by atoms with Gasteiger partial charge in [-0.15, -0.1) is 0 Å². The number of nitrogens with zero attached hydrogens (tertiary/aromatic N) is 3. The molecule has 0 aliphatic heterocycles. The average Bonchev–Trinajstić information content (AvgIpc) is 2.83. The molecule has 0 saturated heterocycles.